The van der Waals surface area contributed by atoms with Crippen LogP contribution in [0.4, 0.5) is 4.79 Å². The van der Waals surface area contributed by atoms with Gasteiger partial charge in [-0.3, -0.25) is 0 Å². The molecule has 1 heterocycles. The fourth-order valence-corrected chi connectivity index (χ4v) is 2.07. The summed E-state index contributed by atoms with van der Waals surface area (Å²) in [7, 11) is 3.95. The average molecular weight is 229 g/mol. The molecule has 0 aromatic carbocycles. The predicted molar refractivity (Wildman–Crippen MR) is 63.3 cm³/mol. The first kappa shape index (κ1) is 13.3. The van der Waals surface area contributed by atoms with Crippen LogP contribution in [-0.4, -0.2) is 66.3 Å². The smallest absolute Gasteiger partial charge is 0.317 e. The number of aliphatic hydroxyl groups is 1. The summed E-state index contributed by atoms with van der Waals surface area (Å²) < 4.78 is 0. The number of carbonyl (C=O) groups is 1. The molecule has 2 unspecified atom stereocenters. The SMILES string of the molecule is CC(C)NC(=O)N1CC(O)CC1CN(C)C. The van der Waals surface area contributed by atoms with Crippen molar-refractivity contribution in [2.75, 3.05) is 27.2 Å². The van der Waals surface area contributed by atoms with Crippen molar-refractivity contribution in [2.24, 2.45) is 0 Å². The zero-order valence-corrected chi connectivity index (χ0v) is 10.6. The van der Waals surface area contributed by atoms with E-state index in [0.717, 1.165) is 6.54 Å². The van der Waals surface area contributed by atoms with Crippen LogP contribution in [-0.2, 0) is 0 Å². The summed E-state index contributed by atoms with van der Waals surface area (Å²) in [5.74, 6) is 0. The van der Waals surface area contributed by atoms with Gasteiger partial charge in [-0.25, -0.2) is 4.79 Å². The van der Waals surface area contributed by atoms with Gasteiger partial charge >= 0.3 is 6.03 Å². The summed E-state index contributed by atoms with van der Waals surface area (Å²) in [6, 6.07) is 0.174. The average Bonchev–Trinajstić information content (AvgIpc) is 2.44. The zero-order chi connectivity index (χ0) is 12.3. The third-order valence-electron chi connectivity index (χ3n) is 2.64. The van der Waals surface area contributed by atoms with E-state index in [9.17, 15) is 9.90 Å². The Labute approximate surface area is 97.4 Å². The second-order valence-corrected chi connectivity index (χ2v) is 5.06. The Morgan fingerprint density at radius 2 is 2.19 bits per heavy atom. The van der Waals surface area contributed by atoms with Crippen molar-refractivity contribution >= 4 is 6.03 Å². The number of likely N-dealkylation sites (N-methyl/N-ethyl adjacent to an activating group) is 1. The highest BCUT2D eigenvalue weighted by molar-refractivity contribution is 5.75. The molecule has 0 radical (unpaired) electrons. The van der Waals surface area contributed by atoms with Gasteiger partial charge in [0.2, 0.25) is 0 Å². The van der Waals surface area contributed by atoms with E-state index < -0.39 is 0 Å². The van der Waals surface area contributed by atoms with E-state index in [1.807, 2.05) is 32.8 Å². The first-order chi connectivity index (χ1) is 7.40. The topological polar surface area (TPSA) is 55.8 Å². The molecule has 0 aromatic rings. The number of aliphatic hydroxyl groups excluding tert-OH is 1. The van der Waals surface area contributed by atoms with Gasteiger partial charge in [-0.1, -0.05) is 0 Å². The van der Waals surface area contributed by atoms with Crippen LogP contribution in [0.3, 0.4) is 0 Å². The Balaban J connectivity index is 2.58. The van der Waals surface area contributed by atoms with Gasteiger partial charge in [0.1, 0.15) is 0 Å². The van der Waals surface area contributed by atoms with Crippen LogP contribution < -0.4 is 5.32 Å². The molecule has 1 aliphatic rings. The summed E-state index contributed by atoms with van der Waals surface area (Å²) >= 11 is 0. The van der Waals surface area contributed by atoms with Gasteiger partial charge in [-0.2, -0.15) is 0 Å². The number of hydrogen-bond donors (Lipinski definition) is 2. The van der Waals surface area contributed by atoms with Crippen molar-refractivity contribution < 1.29 is 9.90 Å². The Morgan fingerprint density at radius 3 is 2.69 bits per heavy atom. The molecule has 94 valence electrons. The Morgan fingerprint density at radius 1 is 1.56 bits per heavy atom. The Kier molecular flexibility index (Phi) is 4.56. The molecular weight excluding hydrogens is 206 g/mol. The van der Waals surface area contributed by atoms with Gasteiger partial charge in [0.05, 0.1) is 6.10 Å². The van der Waals surface area contributed by atoms with E-state index in [4.69, 9.17) is 0 Å². The molecule has 2 atom stereocenters. The minimum absolute atomic E-state index is 0.0709. The largest absolute Gasteiger partial charge is 0.391 e. The van der Waals surface area contributed by atoms with Crippen LogP contribution in [0.15, 0.2) is 0 Å². The van der Waals surface area contributed by atoms with Gasteiger partial charge in [0.25, 0.3) is 0 Å². The number of nitrogens with one attached hydrogen (secondary N) is 1. The summed E-state index contributed by atoms with van der Waals surface area (Å²) in [4.78, 5) is 15.7. The third-order valence-corrected chi connectivity index (χ3v) is 2.64. The third kappa shape index (κ3) is 3.64. The zero-order valence-electron chi connectivity index (χ0n) is 10.6. The van der Waals surface area contributed by atoms with Gasteiger partial charge < -0.3 is 20.2 Å². The van der Waals surface area contributed by atoms with Crippen LogP contribution in [0.1, 0.15) is 20.3 Å². The van der Waals surface area contributed by atoms with Gasteiger partial charge in [-0.05, 0) is 34.4 Å². The van der Waals surface area contributed by atoms with Crippen molar-refractivity contribution in [3.05, 3.63) is 0 Å². The van der Waals surface area contributed by atoms with Crippen LogP contribution in [0.5, 0.6) is 0 Å². The van der Waals surface area contributed by atoms with Gasteiger partial charge in [0.15, 0.2) is 0 Å². The van der Waals surface area contributed by atoms with Gasteiger partial charge in [0, 0.05) is 25.2 Å². The van der Waals surface area contributed by atoms with E-state index in [1.165, 1.54) is 0 Å². The van der Waals surface area contributed by atoms with E-state index in [1.54, 1.807) is 4.90 Å². The van der Waals surface area contributed by atoms with Crippen molar-refractivity contribution in [3.8, 4) is 0 Å². The minimum atomic E-state index is -0.386. The predicted octanol–water partition coefficient (Wildman–Crippen LogP) is 0.101. The molecule has 5 nitrogen and oxygen atoms in total. The number of hydrogen-bond acceptors (Lipinski definition) is 3. The van der Waals surface area contributed by atoms with Crippen molar-refractivity contribution in [3.63, 3.8) is 0 Å². The first-order valence-corrected chi connectivity index (χ1v) is 5.80. The minimum Gasteiger partial charge on any atom is -0.391 e. The molecule has 0 saturated carbocycles. The highest BCUT2D eigenvalue weighted by Gasteiger charge is 2.34. The molecule has 1 saturated heterocycles. The first-order valence-electron chi connectivity index (χ1n) is 5.80. The standard InChI is InChI=1S/C11H23N3O2/c1-8(2)12-11(16)14-7-10(15)5-9(14)6-13(3)4/h8-10,15H,5-7H2,1-4H3,(H,12,16). The molecule has 2 amide bonds. The van der Waals surface area contributed by atoms with Crippen molar-refractivity contribution in [2.45, 2.75) is 38.5 Å². The number of urea groups is 1. The molecule has 1 rings (SSSR count). The molecule has 1 fully saturated rings. The number of carbonyl (C=O) groups excluding carboxylic acids is 1. The van der Waals surface area contributed by atoms with Crippen LogP contribution >= 0.6 is 0 Å². The number of rotatable bonds is 3. The van der Waals surface area contributed by atoms with Crippen LogP contribution in [0, 0.1) is 0 Å². The second kappa shape index (κ2) is 5.50. The monoisotopic (exact) mass is 229 g/mol. The molecule has 5 heteroatoms. The number of likely N-dealkylation sites (tertiary alicyclic amines) is 1. The quantitative estimate of drug-likeness (QED) is 0.722. The molecule has 0 spiro atoms. The lowest BCUT2D eigenvalue weighted by Crippen LogP contribution is -2.48. The maximum absolute atomic E-state index is 11.9. The highest BCUT2D eigenvalue weighted by Crippen LogP contribution is 2.18. The Hall–Kier alpha value is -0.810. The second-order valence-electron chi connectivity index (χ2n) is 5.06. The lowest BCUT2D eigenvalue weighted by molar-refractivity contribution is 0.165. The highest BCUT2D eigenvalue weighted by atomic mass is 16.3. The van der Waals surface area contributed by atoms with Crippen molar-refractivity contribution in [1.29, 1.82) is 0 Å². The fourth-order valence-electron chi connectivity index (χ4n) is 2.07. The van der Waals surface area contributed by atoms with E-state index >= 15 is 0 Å². The molecule has 16 heavy (non-hydrogen) atoms. The molecule has 1 aliphatic heterocycles. The number of β-amino-alcohol motifs (C(OH)–C–C–N with tert-alkyl or cyclic N) is 1. The number of nitrogens with zero attached hydrogens (tertiary/aromatic N) is 2. The summed E-state index contributed by atoms with van der Waals surface area (Å²) in [5, 5.41) is 12.5. The molecule has 0 aromatic heterocycles. The van der Waals surface area contributed by atoms with Gasteiger partial charge in [-0.15, -0.1) is 0 Å². The van der Waals surface area contributed by atoms with E-state index in [2.05, 4.69) is 5.32 Å². The lowest BCUT2D eigenvalue weighted by atomic mass is 10.2. The van der Waals surface area contributed by atoms with Crippen LogP contribution in [0.2, 0.25) is 0 Å². The normalized spacial score (nSPS) is 25.6. The summed E-state index contributed by atoms with van der Waals surface area (Å²) in [6.45, 7) is 5.11. The molecule has 0 aliphatic carbocycles. The summed E-state index contributed by atoms with van der Waals surface area (Å²) in [6.07, 6.45) is 0.284. The molecular formula is C11H23N3O2. The maximum atomic E-state index is 11.9. The van der Waals surface area contributed by atoms with Crippen LogP contribution in [0.25, 0.3) is 0 Å². The Bertz CT molecular complexity index is 243. The summed E-state index contributed by atoms with van der Waals surface area (Å²) in [5.41, 5.74) is 0. The van der Waals surface area contributed by atoms with E-state index in [0.29, 0.717) is 13.0 Å². The maximum Gasteiger partial charge on any atom is 0.317 e. The lowest BCUT2D eigenvalue weighted by Gasteiger charge is -2.27. The van der Waals surface area contributed by atoms with Crippen molar-refractivity contribution in [1.82, 2.24) is 15.1 Å². The molecule has 0 bridgehead atoms. The van der Waals surface area contributed by atoms with E-state index in [-0.39, 0.29) is 24.2 Å². The molecule has 2 N–H and O–H groups in total. The fraction of sp³-hybridized carbons (Fsp3) is 0.909. The number of amides is 2.